The standard InChI is InChI=1S/C23H28N2O2S/c1-3-12-24(23(27)17-8-9-17)15-21(26)25-13-10-20-19(11-14-28-20)22(25)18-7-5-4-6-16(18)2/h4-7,11,14,17,22H,3,8-10,12-13,15H2,1-2H3/t22-/m0/s1. The zero-order chi connectivity index (χ0) is 19.7. The molecule has 4 rings (SSSR count). The minimum atomic E-state index is -0.0526. The lowest BCUT2D eigenvalue weighted by Crippen LogP contribution is -2.47. The maximum absolute atomic E-state index is 13.4. The molecule has 0 unspecified atom stereocenters. The molecule has 0 radical (unpaired) electrons. The summed E-state index contributed by atoms with van der Waals surface area (Å²) < 4.78 is 0. The fourth-order valence-corrected chi connectivity index (χ4v) is 5.10. The number of hydrogen-bond donors (Lipinski definition) is 0. The normalized spacial score (nSPS) is 18.6. The van der Waals surface area contributed by atoms with E-state index in [1.165, 1.54) is 21.6 Å². The Morgan fingerprint density at radius 1 is 1.18 bits per heavy atom. The third kappa shape index (κ3) is 3.72. The SMILES string of the molecule is CCCN(CC(=O)N1CCc2sccc2[C@@H]1c1ccccc1C)C(=O)C1CC1. The lowest BCUT2D eigenvalue weighted by atomic mass is 9.90. The molecular formula is C23H28N2O2S. The van der Waals surface area contributed by atoms with Gasteiger partial charge in [-0.15, -0.1) is 11.3 Å². The second kappa shape index (κ2) is 8.08. The van der Waals surface area contributed by atoms with Gasteiger partial charge in [-0.25, -0.2) is 0 Å². The van der Waals surface area contributed by atoms with Gasteiger partial charge in [0.05, 0.1) is 12.6 Å². The second-order valence-electron chi connectivity index (χ2n) is 7.93. The molecule has 1 atom stereocenters. The molecule has 2 aliphatic rings. The van der Waals surface area contributed by atoms with Crippen molar-refractivity contribution < 1.29 is 9.59 Å². The first-order chi connectivity index (χ1) is 13.6. The smallest absolute Gasteiger partial charge is 0.242 e. The summed E-state index contributed by atoms with van der Waals surface area (Å²) in [5.41, 5.74) is 3.63. The highest BCUT2D eigenvalue weighted by Gasteiger charge is 2.37. The number of aryl methyl sites for hydroxylation is 1. The quantitative estimate of drug-likeness (QED) is 0.735. The molecule has 2 heterocycles. The van der Waals surface area contributed by atoms with E-state index in [2.05, 4.69) is 37.4 Å². The molecular weight excluding hydrogens is 368 g/mol. The van der Waals surface area contributed by atoms with Crippen molar-refractivity contribution in [3.05, 3.63) is 57.3 Å². The van der Waals surface area contributed by atoms with Crippen molar-refractivity contribution >= 4 is 23.2 Å². The maximum Gasteiger partial charge on any atom is 0.242 e. The number of fused-ring (bicyclic) bond motifs is 1. The van der Waals surface area contributed by atoms with E-state index in [-0.39, 0.29) is 30.3 Å². The minimum absolute atomic E-state index is 0.0526. The molecule has 28 heavy (non-hydrogen) atoms. The van der Waals surface area contributed by atoms with E-state index in [1.807, 2.05) is 17.0 Å². The van der Waals surface area contributed by atoms with Gasteiger partial charge in [-0.2, -0.15) is 0 Å². The average molecular weight is 397 g/mol. The van der Waals surface area contributed by atoms with Crippen molar-refractivity contribution in [3.63, 3.8) is 0 Å². The number of carbonyl (C=O) groups is 2. The summed E-state index contributed by atoms with van der Waals surface area (Å²) in [4.78, 5) is 31.2. The summed E-state index contributed by atoms with van der Waals surface area (Å²) in [6.07, 6.45) is 3.72. The molecule has 1 aromatic carbocycles. The van der Waals surface area contributed by atoms with Crippen LogP contribution in [-0.4, -0.2) is 41.2 Å². The Morgan fingerprint density at radius 2 is 1.96 bits per heavy atom. The molecule has 148 valence electrons. The Hall–Kier alpha value is -2.14. The molecule has 1 aliphatic heterocycles. The molecule has 0 spiro atoms. The van der Waals surface area contributed by atoms with Gasteiger partial charge in [0.1, 0.15) is 0 Å². The van der Waals surface area contributed by atoms with Crippen LogP contribution in [0.5, 0.6) is 0 Å². The van der Waals surface area contributed by atoms with Gasteiger partial charge in [-0.1, -0.05) is 31.2 Å². The van der Waals surface area contributed by atoms with Crippen LogP contribution in [0.15, 0.2) is 35.7 Å². The Kier molecular flexibility index (Phi) is 5.54. The molecule has 1 saturated carbocycles. The van der Waals surface area contributed by atoms with Crippen molar-refractivity contribution in [2.75, 3.05) is 19.6 Å². The molecule has 2 amide bonds. The van der Waals surface area contributed by atoms with Crippen molar-refractivity contribution in [1.29, 1.82) is 0 Å². The lowest BCUT2D eigenvalue weighted by Gasteiger charge is -2.38. The van der Waals surface area contributed by atoms with Gasteiger partial charge in [0.15, 0.2) is 0 Å². The molecule has 2 aromatic rings. The van der Waals surface area contributed by atoms with Gasteiger partial charge in [0.25, 0.3) is 0 Å². The van der Waals surface area contributed by atoms with Gasteiger partial charge in [0.2, 0.25) is 11.8 Å². The van der Waals surface area contributed by atoms with Crippen LogP contribution in [0.3, 0.4) is 0 Å². The average Bonchev–Trinajstić information content (AvgIpc) is 3.43. The zero-order valence-electron chi connectivity index (χ0n) is 16.7. The van der Waals surface area contributed by atoms with Crippen LogP contribution in [0.4, 0.5) is 0 Å². The molecule has 1 aromatic heterocycles. The highest BCUT2D eigenvalue weighted by Crippen LogP contribution is 2.39. The van der Waals surface area contributed by atoms with Crippen molar-refractivity contribution in [2.24, 2.45) is 5.92 Å². The van der Waals surface area contributed by atoms with Crippen LogP contribution in [0.2, 0.25) is 0 Å². The predicted molar refractivity (Wildman–Crippen MR) is 112 cm³/mol. The molecule has 0 saturated heterocycles. The Balaban J connectivity index is 1.62. The van der Waals surface area contributed by atoms with Crippen molar-refractivity contribution in [3.8, 4) is 0 Å². The summed E-state index contributed by atoms with van der Waals surface area (Å²) in [6, 6.07) is 10.4. The van der Waals surface area contributed by atoms with E-state index in [4.69, 9.17) is 0 Å². The van der Waals surface area contributed by atoms with Crippen LogP contribution >= 0.6 is 11.3 Å². The molecule has 5 heteroatoms. The topological polar surface area (TPSA) is 40.6 Å². The maximum atomic E-state index is 13.4. The zero-order valence-corrected chi connectivity index (χ0v) is 17.5. The molecule has 4 nitrogen and oxygen atoms in total. The van der Waals surface area contributed by atoms with Gasteiger partial charge < -0.3 is 9.80 Å². The number of carbonyl (C=O) groups excluding carboxylic acids is 2. The summed E-state index contributed by atoms with van der Waals surface area (Å²) in [6.45, 7) is 5.74. The van der Waals surface area contributed by atoms with E-state index < -0.39 is 0 Å². The van der Waals surface area contributed by atoms with E-state index in [0.717, 1.165) is 25.7 Å². The summed E-state index contributed by atoms with van der Waals surface area (Å²) in [5.74, 6) is 0.375. The highest BCUT2D eigenvalue weighted by molar-refractivity contribution is 7.10. The Bertz CT molecular complexity index is 871. The fourth-order valence-electron chi connectivity index (χ4n) is 4.19. The van der Waals surface area contributed by atoms with Gasteiger partial charge in [0, 0.05) is 23.9 Å². The highest BCUT2D eigenvalue weighted by atomic mass is 32.1. The molecule has 0 bridgehead atoms. The number of rotatable bonds is 6. The first kappa shape index (κ1) is 19.2. The van der Waals surface area contributed by atoms with Crippen LogP contribution < -0.4 is 0 Å². The summed E-state index contributed by atoms with van der Waals surface area (Å²) in [7, 11) is 0. The molecule has 1 fully saturated rings. The van der Waals surface area contributed by atoms with Gasteiger partial charge >= 0.3 is 0 Å². The van der Waals surface area contributed by atoms with Crippen molar-refractivity contribution in [1.82, 2.24) is 9.80 Å². The predicted octanol–water partition coefficient (Wildman–Crippen LogP) is 4.18. The third-order valence-electron chi connectivity index (χ3n) is 5.83. The first-order valence-electron chi connectivity index (χ1n) is 10.3. The van der Waals surface area contributed by atoms with Crippen molar-refractivity contribution in [2.45, 2.75) is 45.6 Å². The monoisotopic (exact) mass is 396 g/mol. The number of thiophene rings is 1. The lowest BCUT2D eigenvalue weighted by molar-refractivity contribution is -0.142. The fraction of sp³-hybridized carbons (Fsp3) is 0.478. The van der Waals surface area contributed by atoms with Gasteiger partial charge in [-0.05, 0) is 60.7 Å². The first-order valence-corrected chi connectivity index (χ1v) is 11.2. The van der Waals surface area contributed by atoms with Crippen LogP contribution in [-0.2, 0) is 16.0 Å². The number of benzene rings is 1. The molecule has 1 aliphatic carbocycles. The largest absolute Gasteiger partial charge is 0.333 e. The number of hydrogen-bond acceptors (Lipinski definition) is 3. The minimum Gasteiger partial charge on any atom is -0.333 e. The summed E-state index contributed by atoms with van der Waals surface area (Å²) >= 11 is 1.78. The van der Waals surface area contributed by atoms with E-state index >= 15 is 0 Å². The Labute approximate surface area is 171 Å². The van der Waals surface area contributed by atoms with Crippen LogP contribution in [0.1, 0.15) is 53.8 Å². The van der Waals surface area contributed by atoms with Crippen LogP contribution in [0.25, 0.3) is 0 Å². The molecule has 0 N–H and O–H groups in total. The van der Waals surface area contributed by atoms with E-state index in [1.54, 1.807) is 16.2 Å². The number of amides is 2. The van der Waals surface area contributed by atoms with E-state index in [0.29, 0.717) is 13.1 Å². The van der Waals surface area contributed by atoms with E-state index in [9.17, 15) is 9.59 Å². The number of nitrogens with zero attached hydrogens (tertiary/aromatic N) is 2. The Morgan fingerprint density at radius 3 is 2.68 bits per heavy atom. The second-order valence-corrected chi connectivity index (χ2v) is 8.93. The summed E-state index contributed by atoms with van der Waals surface area (Å²) in [5, 5.41) is 2.13. The third-order valence-corrected chi connectivity index (χ3v) is 6.82. The van der Waals surface area contributed by atoms with Crippen LogP contribution in [0, 0.1) is 12.8 Å². The van der Waals surface area contributed by atoms with Gasteiger partial charge in [-0.3, -0.25) is 9.59 Å².